The Bertz CT molecular complexity index is 1480. The normalized spacial score (nSPS) is 16.8. The largest absolute Gasteiger partial charge is 0.375 e. The van der Waals surface area contributed by atoms with Crippen LogP contribution < -0.4 is 9.80 Å². The first-order valence-electron chi connectivity index (χ1n) is 13.4. The van der Waals surface area contributed by atoms with E-state index in [1.165, 1.54) is 39.0 Å². The predicted molar refractivity (Wildman–Crippen MR) is 152 cm³/mol. The molecule has 1 N–H and O–H groups in total. The fourth-order valence-electron chi connectivity index (χ4n) is 5.89. The molecule has 0 atom stereocenters. The summed E-state index contributed by atoms with van der Waals surface area (Å²) < 4.78 is 5.79. The van der Waals surface area contributed by atoms with Gasteiger partial charge in [-0.3, -0.25) is 0 Å². The van der Waals surface area contributed by atoms with Gasteiger partial charge in [0.2, 0.25) is 0 Å². The number of nitrogens with zero attached hydrogens (tertiary/aromatic N) is 4. The van der Waals surface area contributed by atoms with Gasteiger partial charge in [0.25, 0.3) is 0 Å². The zero-order valence-corrected chi connectivity index (χ0v) is 22.9. The highest BCUT2D eigenvalue weighted by molar-refractivity contribution is 5.96. The van der Waals surface area contributed by atoms with Crippen LogP contribution in [0.1, 0.15) is 54.6 Å². The van der Waals surface area contributed by atoms with E-state index in [0.29, 0.717) is 5.92 Å². The van der Waals surface area contributed by atoms with E-state index in [-0.39, 0.29) is 5.60 Å². The Hall–Kier alpha value is -3.38. The van der Waals surface area contributed by atoms with Crippen molar-refractivity contribution in [1.29, 1.82) is 0 Å². The molecule has 6 nitrogen and oxygen atoms in total. The minimum absolute atomic E-state index is 0.133. The third-order valence-corrected chi connectivity index (χ3v) is 8.27. The second kappa shape index (κ2) is 8.88. The topological polar surface area (TPSA) is 57.3 Å². The maximum Gasteiger partial charge on any atom is 0.162 e. The first-order valence-corrected chi connectivity index (χ1v) is 13.4. The first kappa shape index (κ1) is 24.0. The molecule has 4 aromatic rings. The highest BCUT2D eigenvalue weighted by atomic mass is 16.5. The molecule has 0 unspecified atom stereocenters. The number of benzene rings is 2. The molecular weight excluding hydrogens is 458 g/mol. The summed E-state index contributed by atoms with van der Waals surface area (Å²) in [4.78, 5) is 18.7. The van der Waals surface area contributed by atoms with Crippen molar-refractivity contribution in [2.75, 3.05) is 36.5 Å². The Kier molecular flexibility index (Phi) is 5.75. The van der Waals surface area contributed by atoms with Crippen molar-refractivity contribution in [2.45, 2.75) is 59.1 Å². The van der Waals surface area contributed by atoms with Crippen LogP contribution in [-0.4, -0.2) is 47.3 Å². The van der Waals surface area contributed by atoms with Gasteiger partial charge in [0.15, 0.2) is 5.82 Å². The van der Waals surface area contributed by atoms with Crippen molar-refractivity contribution in [3.8, 4) is 11.4 Å². The van der Waals surface area contributed by atoms with Crippen LogP contribution >= 0.6 is 0 Å². The van der Waals surface area contributed by atoms with E-state index in [4.69, 9.17) is 14.7 Å². The highest BCUT2D eigenvalue weighted by Crippen LogP contribution is 2.39. The van der Waals surface area contributed by atoms with E-state index in [9.17, 15) is 0 Å². The summed E-state index contributed by atoms with van der Waals surface area (Å²) in [5.41, 5.74) is 9.75. The Labute approximate surface area is 219 Å². The monoisotopic (exact) mass is 495 g/mol. The van der Waals surface area contributed by atoms with E-state index in [1.54, 1.807) is 7.11 Å². The number of H-pyrrole nitrogens is 1. The van der Waals surface area contributed by atoms with Crippen LogP contribution in [0.5, 0.6) is 0 Å². The number of aromatic amines is 1. The van der Waals surface area contributed by atoms with E-state index in [2.05, 4.69) is 92.0 Å². The summed E-state index contributed by atoms with van der Waals surface area (Å²) in [7, 11) is 1.81. The third kappa shape index (κ3) is 4.08. The molecule has 2 aliphatic heterocycles. The third-order valence-electron chi connectivity index (χ3n) is 8.27. The standard InChI is InChI=1S/C31H37N5O/c1-19(2)22-11-10-20(3)27(14-22)35-13-12-25-24(16-35)30(36-17-31(5,18-36)37-6)34-29(33-25)23-8-7-9-26-28(23)21(4)15-32-26/h7-11,14-15,19,32H,12-13,16-18H2,1-6H3. The van der Waals surface area contributed by atoms with Crippen molar-refractivity contribution < 1.29 is 4.74 Å². The van der Waals surface area contributed by atoms with Crippen LogP contribution in [0.4, 0.5) is 11.5 Å². The van der Waals surface area contributed by atoms with Crippen molar-refractivity contribution in [2.24, 2.45) is 0 Å². The number of hydrogen-bond acceptors (Lipinski definition) is 5. The van der Waals surface area contributed by atoms with Gasteiger partial charge in [0.05, 0.1) is 11.3 Å². The maximum atomic E-state index is 5.79. The first-order chi connectivity index (χ1) is 17.8. The summed E-state index contributed by atoms with van der Waals surface area (Å²) in [5.74, 6) is 2.38. The van der Waals surface area contributed by atoms with Crippen molar-refractivity contribution in [3.05, 3.63) is 70.5 Å². The van der Waals surface area contributed by atoms with Gasteiger partial charge in [-0.05, 0) is 55.5 Å². The van der Waals surface area contributed by atoms with Gasteiger partial charge in [-0.25, -0.2) is 9.97 Å². The molecule has 0 bridgehead atoms. The fraction of sp³-hybridized carbons (Fsp3) is 0.419. The number of aryl methyl sites for hydroxylation is 2. The predicted octanol–water partition coefficient (Wildman–Crippen LogP) is 6.15. The van der Waals surface area contributed by atoms with Crippen LogP contribution in [0.25, 0.3) is 22.3 Å². The molecule has 0 spiro atoms. The van der Waals surface area contributed by atoms with Crippen LogP contribution in [0.3, 0.4) is 0 Å². The molecule has 1 fully saturated rings. The molecule has 37 heavy (non-hydrogen) atoms. The van der Waals surface area contributed by atoms with Crippen LogP contribution in [0, 0.1) is 13.8 Å². The molecule has 192 valence electrons. The Balaban J connectivity index is 1.45. The number of fused-ring (bicyclic) bond motifs is 2. The van der Waals surface area contributed by atoms with Crippen LogP contribution in [0.2, 0.25) is 0 Å². The minimum atomic E-state index is -0.133. The number of anilines is 2. The zero-order valence-electron chi connectivity index (χ0n) is 22.9. The molecule has 2 aromatic heterocycles. The average molecular weight is 496 g/mol. The fourth-order valence-corrected chi connectivity index (χ4v) is 5.89. The molecule has 6 heteroatoms. The number of methoxy groups -OCH3 is 1. The number of aromatic nitrogens is 3. The van der Waals surface area contributed by atoms with E-state index >= 15 is 0 Å². The molecule has 2 aromatic carbocycles. The van der Waals surface area contributed by atoms with Crippen molar-refractivity contribution in [1.82, 2.24) is 15.0 Å². The molecule has 0 saturated carbocycles. The summed E-state index contributed by atoms with van der Waals surface area (Å²) in [6, 6.07) is 13.3. The van der Waals surface area contributed by atoms with E-state index < -0.39 is 0 Å². The Morgan fingerprint density at radius 2 is 1.84 bits per heavy atom. The molecular formula is C31H37N5O. The lowest BCUT2D eigenvalue weighted by Crippen LogP contribution is -2.61. The molecule has 4 heterocycles. The van der Waals surface area contributed by atoms with Gasteiger partial charge >= 0.3 is 0 Å². The minimum Gasteiger partial charge on any atom is -0.375 e. The van der Waals surface area contributed by atoms with Gasteiger partial charge in [-0.2, -0.15) is 0 Å². The number of hydrogen-bond donors (Lipinski definition) is 1. The Morgan fingerprint density at radius 1 is 1.03 bits per heavy atom. The van der Waals surface area contributed by atoms with E-state index in [1.807, 2.05) is 0 Å². The number of nitrogens with one attached hydrogen (secondary N) is 1. The second-order valence-corrected chi connectivity index (χ2v) is 11.4. The molecule has 6 rings (SSSR count). The summed E-state index contributed by atoms with van der Waals surface area (Å²) in [6.07, 6.45) is 2.97. The molecule has 0 amide bonds. The highest BCUT2D eigenvalue weighted by Gasteiger charge is 2.41. The number of ether oxygens (including phenoxy) is 1. The maximum absolute atomic E-state index is 5.79. The lowest BCUT2D eigenvalue weighted by Gasteiger charge is -2.48. The van der Waals surface area contributed by atoms with Gasteiger partial charge in [-0.15, -0.1) is 0 Å². The molecule has 1 saturated heterocycles. The summed E-state index contributed by atoms with van der Waals surface area (Å²) in [6.45, 7) is 14.5. The molecule has 0 radical (unpaired) electrons. The second-order valence-electron chi connectivity index (χ2n) is 11.4. The van der Waals surface area contributed by atoms with Gasteiger partial charge in [0, 0.05) is 73.6 Å². The lowest BCUT2D eigenvalue weighted by atomic mass is 9.94. The van der Waals surface area contributed by atoms with Crippen molar-refractivity contribution in [3.63, 3.8) is 0 Å². The van der Waals surface area contributed by atoms with Gasteiger partial charge in [-0.1, -0.05) is 38.1 Å². The molecule has 2 aliphatic rings. The van der Waals surface area contributed by atoms with Crippen LogP contribution in [-0.2, 0) is 17.7 Å². The quantitative estimate of drug-likeness (QED) is 0.360. The van der Waals surface area contributed by atoms with Crippen molar-refractivity contribution >= 4 is 22.4 Å². The smallest absolute Gasteiger partial charge is 0.162 e. The summed E-state index contributed by atoms with van der Waals surface area (Å²) >= 11 is 0. The SMILES string of the molecule is COC1(C)CN(c2nc(-c3cccc4[nH]cc(C)c34)nc3c2CN(c2cc(C(C)C)ccc2C)CC3)C1. The average Bonchev–Trinajstić information content (AvgIpc) is 3.27. The lowest BCUT2D eigenvalue weighted by molar-refractivity contribution is -0.0172. The van der Waals surface area contributed by atoms with Gasteiger partial charge < -0.3 is 19.5 Å². The molecule has 0 aliphatic carbocycles. The van der Waals surface area contributed by atoms with Gasteiger partial charge in [0.1, 0.15) is 5.82 Å². The zero-order chi connectivity index (χ0) is 25.9. The summed E-state index contributed by atoms with van der Waals surface area (Å²) in [5, 5.41) is 1.21. The number of rotatable bonds is 5. The van der Waals surface area contributed by atoms with Crippen LogP contribution in [0.15, 0.2) is 42.6 Å². The Morgan fingerprint density at radius 3 is 2.59 bits per heavy atom. The van der Waals surface area contributed by atoms with E-state index in [0.717, 1.165) is 55.3 Å².